The monoisotopic (exact) mass is 217 g/mol. The predicted octanol–water partition coefficient (Wildman–Crippen LogP) is 1.07. The van der Waals surface area contributed by atoms with Crippen molar-refractivity contribution in [2.75, 3.05) is 0 Å². The second-order valence-corrected chi connectivity index (χ2v) is 2.91. The van der Waals surface area contributed by atoms with Crippen LogP contribution in [0.1, 0.15) is 5.56 Å². The molecule has 0 spiro atoms. The Bertz CT molecular complexity index is 520. The number of rotatable bonds is 3. The van der Waals surface area contributed by atoms with Crippen LogP contribution in [0.2, 0.25) is 0 Å². The summed E-state index contributed by atoms with van der Waals surface area (Å²) in [6.07, 6.45) is 4.25. The number of hydrogen-bond donors (Lipinski definition) is 0. The molecule has 0 fully saturated rings. The van der Waals surface area contributed by atoms with E-state index in [1.54, 1.807) is 12.1 Å². The first-order valence-corrected chi connectivity index (χ1v) is 4.39. The van der Waals surface area contributed by atoms with Gasteiger partial charge in [-0.3, -0.25) is 10.1 Å². The van der Waals surface area contributed by atoms with Crippen LogP contribution < -0.4 is 0 Å². The van der Waals surface area contributed by atoms with Gasteiger partial charge in [0.1, 0.15) is 12.7 Å². The van der Waals surface area contributed by atoms with E-state index in [-0.39, 0.29) is 5.69 Å². The van der Waals surface area contributed by atoms with E-state index in [4.69, 9.17) is 0 Å². The standard InChI is InChI=1S/C9H7N5O2/c15-14(16)9-3-1-2-8(4-9)5-11-13-7-10-6-12-13/h1-7H/b11-5-. The minimum atomic E-state index is -0.452. The molecule has 0 unspecified atom stereocenters. The van der Waals surface area contributed by atoms with Crippen molar-refractivity contribution >= 4 is 11.9 Å². The fraction of sp³-hybridized carbons (Fsp3) is 0. The molecule has 0 aliphatic carbocycles. The van der Waals surface area contributed by atoms with E-state index in [1.165, 1.54) is 35.8 Å². The van der Waals surface area contributed by atoms with Crippen molar-refractivity contribution in [3.05, 3.63) is 52.6 Å². The van der Waals surface area contributed by atoms with Crippen LogP contribution >= 0.6 is 0 Å². The highest BCUT2D eigenvalue weighted by Crippen LogP contribution is 2.11. The van der Waals surface area contributed by atoms with E-state index >= 15 is 0 Å². The molecule has 0 aliphatic heterocycles. The number of nitro benzene ring substituents is 1. The third-order valence-electron chi connectivity index (χ3n) is 1.81. The molecule has 0 N–H and O–H groups in total. The third-order valence-corrected chi connectivity index (χ3v) is 1.81. The zero-order valence-corrected chi connectivity index (χ0v) is 8.09. The van der Waals surface area contributed by atoms with Gasteiger partial charge in [-0.25, -0.2) is 4.98 Å². The third kappa shape index (κ3) is 2.27. The van der Waals surface area contributed by atoms with Gasteiger partial charge in [0.2, 0.25) is 0 Å². The van der Waals surface area contributed by atoms with Gasteiger partial charge in [-0.05, 0) is 0 Å². The summed E-state index contributed by atoms with van der Waals surface area (Å²) in [5.41, 5.74) is 0.659. The van der Waals surface area contributed by atoms with E-state index in [2.05, 4.69) is 15.2 Å². The summed E-state index contributed by atoms with van der Waals surface area (Å²) in [7, 11) is 0. The molecule has 0 amide bonds. The Morgan fingerprint density at radius 3 is 3.06 bits per heavy atom. The Kier molecular flexibility index (Phi) is 2.68. The zero-order chi connectivity index (χ0) is 11.4. The smallest absolute Gasteiger partial charge is 0.258 e. The molecular formula is C9H7N5O2. The molecule has 1 heterocycles. The van der Waals surface area contributed by atoms with Gasteiger partial charge in [-0.15, -0.1) is 9.89 Å². The summed E-state index contributed by atoms with van der Waals surface area (Å²) in [6.45, 7) is 0. The van der Waals surface area contributed by atoms with Crippen LogP contribution in [0.15, 0.2) is 42.0 Å². The minimum Gasteiger partial charge on any atom is -0.258 e. The van der Waals surface area contributed by atoms with E-state index in [9.17, 15) is 10.1 Å². The van der Waals surface area contributed by atoms with Gasteiger partial charge in [-0.2, -0.15) is 5.10 Å². The normalized spacial score (nSPS) is 10.8. The van der Waals surface area contributed by atoms with Gasteiger partial charge in [-0.1, -0.05) is 12.1 Å². The fourth-order valence-corrected chi connectivity index (χ4v) is 1.11. The average molecular weight is 217 g/mol. The van der Waals surface area contributed by atoms with Crippen molar-refractivity contribution in [2.45, 2.75) is 0 Å². The van der Waals surface area contributed by atoms with Crippen LogP contribution in [0.3, 0.4) is 0 Å². The molecule has 80 valence electrons. The largest absolute Gasteiger partial charge is 0.270 e. The maximum absolute atomic E-state index is 10.5. The lowest BCUT2D eigenvalue weighted by Crippen LogP contribution is -1.92. The molecule has 0 bridgehead atoms. The molecule has 1 aromatic carbocycles. The van der Waals surface area contributed by atoms with E-state index in [0.717, 1.165) is 0 Å². The number of aromatic nitrogens is 3. The maximum Gasteiger partial charge on any atom is 0.270 e. The van der Waals surface area contributed by atoms with E-state index < -0.39 is 4.92 Å². The van der Waals surface area contributed by atoms with Crippen molar-refractivity contribution in [1.29, 1.82) is 0 Å². The number of nitro groups is 1. The van der Waals surface area contributed by atoms with E-state index in [1.807, 2.05) is 0 Å². The molecule has 2 aromatic rings. The second-order valence-electron chi connectivity index (χ2n) is 2.91. The highest BCUT2D eigenvalue weighted by molar-refractivity contribution is 5.80. The Morgan fingerprint density at radius 1 is 1.50 bits per heavy atom. The summed E-state index contributed by atoms with van der Waals surface area (Å²) in [6, 6.07) is 6.17. The van der Waals surface area contributed by atoms with Gasteiger partial charge in [0.15, 0.2) is 0 Å². The van der Waals surface area contributed by atoms with Gasteiger partial charge in [0, 0.05) is 17.7 Å². The van der Waals surface area contributed by atoms with Crippen molar-refractivity contribution < 1.29 is 4.92 Å². The summed E-state index contributed by atoms with van der Waals surface area (Å²) < 4.78 is 0. The molecule has 7 nitrogen and oxygen atoms in total. The highest BCUT2D eigenvalue weighted by atomic mass is 16.6. The van der Waals surface area contributed by atoms with Crippen LogP contribution in [0.25, 0.3) is 0 Å². The summed E-state index contributed by atoms with van der Waals surface area (Å²) in [5, 5.41) is 18.2. The quantitative estimate of drug-likeness (QED) is 0.437. The molecule has 0 aliphatic rings. The average Bonchev–Trinajstić information content (AvgIpc) is 2.79. The number of benzene rings is 1. The molecular weight excluding hydrogens is 210 g/mol. The van der Waals surface area contributed by atoms with Crippen LogP contribution in [0.4, 0.5) is 5.69 Å². The first kappa shape index (κ1) is 9.97. The summed E-state index contributed by atoms with van der Waals surface area (Å²) >= 11 is 0. The summed E-state index contributed by atoms with van der Waals surface area (Å²) in [5.74, 6) is 0. The topological polar surface area (TPSA) is 86.2 Å². The first-order chi connectivity index (χ1) is 7.75. The molecule has 1 aromatic heterocycles. The van der Waals surface area contributed by atoms with Gasteiger partial charge in [0.25, 0.3) is 5.69 Å². The molecule has 0 saturated carbocycles. The van der Waals surface area contributed by atoms with Crippen molar-refractivity contribution in [1.82, 2.24) is 14.9 Å². The van der Waals surface area contributed by atoms with Gasteiger partial charge in [0.05, 0.1) is 11.1 Å². The molecule has 2 rings (SSSR count). The van der Waals surface area contributed by atoms with Gasteiger partial charge >= 0.3 is 0 Å². The minimum absolute atomic E-state index is 0.0301. The van der Waals surface area contributed by atoms with Crippen molar-refractivity contribution in [2.24, 2.45) is 5.10 Å². The van der Waals surface area contributed by atoms with Crippen LogP contribution in [-0.4, -0.2) is 26.0 Å². The molecule has 0 atom stereocenters. The molecule has 0 saturated heterocycles. The van der Waals surface area contributed by atoms with Crippen LogP contribution in [0, 0.1) is 10.1 Å². The number of nitrogens with zero attached hydrogens (tertiary/aromatic N) is 5. The zero-order valence-electron chi connectivity index (χ0n) is 8.09. The van der Waals surface area contributed by atoms with E-state index in [0.29, 0.717) is 5.56 Å². The lowest BCUT2D eigenvalue weighted by Gasteiger charge is -1.93. The lowest BCUT2D eigenvalue weighted by atomic mass is 10.2. The molecule has 16 heavy (non-hydrogen) atoms. The van der Waals surface area contributed by atoms with Gasteiger partial charge < -0.3 is 0 Å². The van der Waals surface area contributed by atoms with Crippen molar-refractivity contribution in [3.8, 4) is 0 Å². The highest BCUT2D eigenvalue weighted by Gasteiger charge is 2.03. The SMILES string of the molecule is O=[N+]([O-])c1cccc(/C=N\n2cncn2)c1. The first-order valence-electron chi connectivity index (χ1n) is 4.39. The Hall–Kier alpha value is -2.57. The van der Waals surface area contributed by atoms with Crippen molar-refractivity contribution in [3.63, 3.8) is 0 Å². The maximum atomic E-state index is 10.5. The summed E-state index contributed by atoms with van der Waals surface area (Å²) in [4.78, 5) is 15.0. The second kappa shape index (κ2) is 4.30. The fourth-order valence-electron chi connectivity index (χ4n) is 1.11. The Labute approximate surface area is 90.2 Å². The Balaban J connectivity index is 2.22. The van der Waals surface area contributed by atoms with Crippen LogP contribution in [-0.2, 0) is 0 Å². The van der Waals surface area contributed by atoms with Crippen LogP contribution in [0.5, 0.6) is 0 Å². The Morgan fingerprint density at radius 2 is 2.38 bits per heavy atom. The number of hydrogen-bond acceptors (Lipinski definition) is 5. The molecule has 7 heteroatoms. The number of non-ortho nitro benzene ring substituents is 1. The molecule has 0 radical (unpaired) electrons. The predicted molar refractivity (Wildman–Crippen MR) is 56.1 cm³/mol. The lowest BCUT2D eigenvalue weighted by molar-refractivity contribution is -0.384.